The number of likely N-dealkylation sites (N-methyl/N-ethyl adjacent to an activating group) is 1. The second-order valence-electron chi connectivity index (χ2n) is 6.30. The first-order chi connectivity index (χ1) is 11.9. The van der Waals surface area contributed by atoms with Gasteiger partial charge in [0.25, 0.3) is 5.91 Å². The predicted octanol–water partition coefficient (Wildman–Crippen LogP) is 1.97. The Kier molecular flexibility index (Phi) is 6.42. The molecule has 0 aliphatic heterocycles. The molecule has 25 heavy (non-hydrogen) atoms. The van der Waals surface area contributed by atoms with Crippen molar-refractivity contribution in [1.29, 1.82) is 0 Å². The number of amides is 1. The van der Waals surface area contributed by atoms with Gasteiger partial charge in [-0.25, -0.2) is 0 Å². The number of carbonyl (C=O) groups excluding carboxylic acids is 1. The lowest BCUT2D eigenvalue weighted by molar-refractivity contribution is -0.885. The van der Waals surface area contributed by atoms with Crippen LogP contribution in [0.2, 0.25) is 0 Å². The number of anilines is 1. The number of methoxy groups -OCH3 is 2. The Morgan fingerprint density at radius 2 is 1.76 bits per heavy atom. The van der Waals surface area contributed by atoms with Crippen molar-refractivity contribution in [2.45, 2.75) is 20.4 Å². The van der Waals surface area contributed by atoms with Crippen LogP contribution in [0, 0.1) is 13.8 Å². The van der Waals surface area contributed by atoms with Gasteiger partial charge < -0.3 is 19.7 Å². The van der Waals surface area contributed by atoms with E-state index in [1.165, 1.54) is 0 Å². The van der Waals surface area contributed by atoms with Gasteiger partial charge in [0.1, 0.15) is 18.0 Å². The largest absolute Gasteiger partial charge is 0.497 e. The summed E-state index contributed by atoms with van der Waals surface area (Å²) in [6, 6.07) is 11.7. The fraction of sp³-hybridized carbons (Fsp3) is 0.350. The third kappa shape index (κ3) is 4.97. The number of quaternary nitrogens is 1. The first-order valence-corrected chi connectivity index (χ1v) is 8.33. The van der Waals surface area contributed by atoms with Gasteiger partial charge in [-0.1, -0.05) is 18.2 Å². The minimum atomic E-state index is 0.00220. The minimum absolute atomic E-state index is 0.00220. The van der Waals surface area contributed by atoms with Crippen molar-refractivity contribution >= 4 is 11.6 Å². The molecule has 0 aromatic heterocycles. The highest BCUT2D eigenvalue weighted by molar-refractivity contribution is 5.93. The van der Waals surface area contributed by atoms with Gasteiger partial charge in [-0.05, 0) is 37.1 Å². The Morgan fingerprint density at radius 3 is 2.36 bits per heavy atom. The molecule has 0 bridgehead atoms. The number of carbonyl (C=O) groups is 1. The molecule has 134 valence electrons. The average molecular weight is 343 g/mol. The summed E-state index contributed by atoms with van der Waals surface area (Å²) in [6.07, 6.45) is 0. The molecule has 0 aliphatic rings. The summed E-state index contributed by atoms with van der Waals surface area (Å²) >= 11 is 0. The van der Waals surface area contributed by atoms with Crippen molar-refractivity contribution in [2.24, 2.45) is 0 Å². The fourth-order valence-corrected chi connectivity index (χ4v) is 2.85. The first-order valence-electron chi connectivity index (χ1n) is 8.33. The van der Waals surface area contributed by atoms with Crippen LogP contribution in [-0.2, 0) is 11.3 Å². The van der Waals surface area contributed by atoms with Gasteiger partial charge in [-0.15, -0.1) is 0 Å². The molecule has 5 nitrogen and oxygen atoms in total. The van der Waals surface area contributed by atoms with E-state index >= 15 is 0 Å². The van der Waals surface area contributed by atoms with Crippen molar-refractivity contribution in [3.63, 3.8) is 0 Å². The predicted molar refractivity (Wildman–Crippen MR) is 99.5 cm³/mol. The molecule has 0 heterocycles. The molecule has 0 saturated heterocycles. The van der Waals surface area contributed by atoms with E-state index < -0.39 is 0 Å². The van der Waals surface area contributed by atoms with Gasteiger partial charge in [0, 0.05) is 17.3 Å². The number of rotatable bonds is 7. The zero-order valence-electron chi connectivity index (χ0n) is 15.6. The van der Waals surface area contributed by atoms with Crippen LogP contribution >= 0.6 is 0 Å². The Morgan fingerprint density at radius 1 is 1.08 bits per heavy atom. The lowest BCUT2D eigenvalue weighted by atomic mass is 10.1. The highest BCUT2D eigenvalue weighted by Crippen LogP contribution is 2.23. The zero-order chi connectivity index (χ0) is 18.4. The number of benzene rings is 2. The van der Waals surface area contributed by atoms with E-state index in [0.29, 0.717) is 13.1 Å². The number of nitrogens with one attached hydrogen (secondary N) is 2. The van der Waals surface area contributed by atoms with Gasteiger partial charge in [-0.2, -0.15) is 0 Å². The molecule has 2 aromatic carbocycles. The van der Waals surface area contributed by atoms with Gasteiger partial charge >= 0.3 is 0 Å². The van der Waals surface area contributed by atoms with Crippen molar-refractivity contribution in [3.8, 4) is 11.5 Å². The van der Waals surface area contributed by atoms with Crippen molar-refractivity contribution in [1.82, 2.24) is 0 Å². The smallest absolute Gasteiger partial charge is 0.279 e. The second-order valence-corrected chi connectivity index (χ2v) is 6.30. The van der Waals surface area contributed by atoms with E-state index in [1.54, 1.807) is 14.2 Å². The maximum absolute atomic E-state index is 12.4. The molecule has 0 spiro atoms. The van der Waals surface area contributed by atoms with Crippen LogP contribution in [0.3, 0.4) is 0 Å². The monoisotopic (exact) mass is 343 g/mol. The van der Waals surface area contributed by atoms with Crippen molar-refractivity contribution < 1.29 is 19.2 Å². The summed E-state index contributed by atoms with van der Waals surface area (Å²) in [5.41, 5.74) is 4.09. The van der Waals surface area contributed by atoms with E-state index in [-0.39, 0.29) is 5.91 Å². The summed E-state index contributed by atoms with van der Waals surface area (Å²) in [4.78, 5) is 13.5. The summed E-state index contributed by atoms with van der Waals surface area (Å²) < 4.78 is 10.6. The quantitative estimate of drug-likeness (QED) is 0.808. The summed E-state index contributed by atoms with van der Waals surface area (Å²) in [5.74, 6) is 1.53. The van der Waals surface area contributed by atoms with Gasteiger partial charge in [0.15, 0.2) is 6.54 Å². The maximum atomic E-state index is 12.4. The Bertz CT molecular complexity index is 723. The lowest BCUT2D eigenvalue weighted by Crippen LogP contribution is -3.08. The van der Waals surface area contributed by atoms with Gasteiger partial charge in [0.05, 0.1) is 21.3 Å². The molecule has 2 N–H and O–H groups in total. The minimum Gasteiger partial charge on any atom is -0.497 e. The van der Waals surface area contributed by atoms with Crippen LogP contribution in [0.4, 0.5) is 5.69 Å². The molecule has 1 atom stereocenters. The zero-order valence-corrected chi connectivity index (χ0v) is 15.6. The van der Waals surface area contributed by atoms with Gasteiger partial charge in [0.2, 0.25) is 0 Å². The Labute approximate surface area is 149 Å². The molecule has 0 fully saturated rings. The molecular weight excluding hydrogens is 316 g/mol. The SMILES string of the molecule is COc1ccc(C[NH+](C)CC(=O)Nc2c(C)cccc2C)c(OC)c1. The second kappa shape index (κ2) is 8.53. The molecule has 5 heteroatoms. The van der Waals surface area contributed by atoms with Crippen LogP contribution in [0.15, 0.2) is 36.4 Å². The summed E-state index contributed by atoms with van der Waals surface area (Å²) in [7, 11) is 5.26. The number of ether oxygens (including phenoxy) is 2. The Balaban J connectivity index is 2.00. The number of aryl methyl sites for hydroxylation is 2. The average Bonchev–Trinajstić information content (AvgIpc) is 2.58. The van der Waals surface area contributed by atoms with Crippen LogP contribution < -0.4 is 19.7 Å². The molecule has 1 unspecified atom stereocenters. The van der Waals surface area contributed by atoms with Crippen molar-refractivity contribution in [2.75, 3.05) is 33.1 Å². The molecule has 2 aromatic rings. The van der Waals surface area contributed by atoms with E-state index in [0.717, 1.165) is 38.8 Å². The molecule has 0 aliphatic carbocycles. The van der Waals surface area contributed by atoms with Crippen LogP contribution in [0.1, 0.15) is 16.7 Å². The highest BCUT2D eigenvalue weighted by Gasteiger charge is 2.15. The van der Waals surface area contributed by atoms with Crippen molar-refractivity contribution in [3.05, 3.63) is 53.1 Å². The molecular formula is C20H27N2O3+. The molecule has 2 rings (SSSR count). The molecule has 1 amide bonds. The van der Waals surface area contributed by atoms with Gasteiger partial charge in [-0.3, -0.25) is 4.79 Å². The third-order valence-electron chi connectivity index (χ3n) is 4.19. The number of hydrogen-bond donors (Lipinski definition) is 2. The maximum Gasteiger partial charge on any atom is 0.279 e. The van der Waals surface area contributed by atoms with Crippen LogP contribution in [0.25, 0.3) is 0 Å². The topological polar surface area (TPSA) is 52.0 Å². The number of hydrogen-bond acceptors (Lipinski definition) is 3. The Hall–Kier alpha value is -2.53. The summed E-state index contributed by atoms with van der Waals surface area (Å²) in [6.45, 7) is 5.07. The van der Waals surface area contributed by atoms with Crippen LogP contribution in [0.5, 0.6) is 11.5 Å². The van der Waals surface area contributed by atoms with E-state index in [1.807, 2.05) is 57.3 Å². The van der Waals surface area contributed by atoms with E-state index in [9.17, 15) is 4.79 Å². The first kappa shape index (κ1) is 18.8. The fourth-order valence-electron chi connectivity index (χ4n) is 2.85. The lowest BCUT2D eigenvalue weighted by Gasteiger charge is -2.17. The van der Waals surface area contributed by atoms with E-state index in [4.69, 9.17) is 9.47 Å². The molecule has 0 saturated carbocycles. The normalized spacial score (nSPS) is 11.7. The highest BCUT2D eigenvalue weighted by atomic mass is 16.5. The van der Waals surface area contributed by atoms with E-state index in [2.05, 4.69) is 5.32 Å². The summed E-state index contributed by atoms with van der Waals surface area (Å²) in [5, 5.41) is 3.03. The third-order valence-corrected chi connectivity index (χ3v) is 4.19. The standard InChI is InChI=1S/C20H26N2O3/c1-14-7-6-8-15(2)20(14)21-19(23)13-22(3)12-16-9-10-17(24-4)11-18(16)25-5/h6-11H,12-13H2,1-5H3,(H,21,23)/p+1. The van der Waals surface area contributed by atoms with Crippen LogP contribution in [-0.4, -0.2) is 33.7 Å². The molecule has 0 radical (unpaired) electrons. The number of para-hydroxylation sites is 1.